The predicted octanol–water partition coefficient (Wildman–Crippen LogP) is 2.17. The molecule has 3 heterocycles. The Morgan fingerprint density at radius 3 is 2.68 bits per heavy atom. The molecule has 0 aromatic carbocycles. The van der Waals surface area contributed by atoms with Gasteiger partial charge in [0.2, 0.25) is 0 Å². The molecule has 1 aliphatic rings. The number of nitrogens with two attached hydrogens (primary N) is 1. The highest BCUT2D eigenvalue weighted by molar-refractivity contribution is 6.30. The summed E-state index contributed by atoms with van der Waals surface area (Å²) in [5.74, 6) is 0.0331. The highest BCUT2D eigenvalue weighted by Gasteiger charge is 2.26. The molecule has 0 radical (unpaired) electrons. The standard InChI is InChI=1S/C17H19ClFN7O2/c18-12-7-23-14(24-8-12)10-2-5-26(6-3-10)15-13(19)11(1-4-22-15)9-28-17(27)25-16(20)21/h1,4,7-8,10H,2-3,5-6,9H2,(H4,20,21,25,27). The molecular formula is C17H19ClFN7O2. The van der Waals surface area contributed by atoms with Crippen LogP contribution in [0.15, 0.2) is 24.7 Å². The Bertz CT molecular complexity index is 857. The number of rotatable bonds is 4. The van der Waals surface area contributed by atoms with E-state index in [-0.39, 0.29) is 23.9 Å². The van der Waals surface area contributed by atoms with Crippen LogP contribution in [0, 0.1) is 11.2 Å². The van der Waals surface area contributed by atoms with Gasteiger partial charge in [-0.15, -0.1) is 0 Å². The molecule has 0 atom stereocenters. The molecule has 2 aromatic heterocycles. The van der Waals surface area contributed by atoms with Crippen molar-refractivity contribution >= 4 is 29.5 Å². The molecule has 3 rings (SSSR count). The van der Waals surface area contributed by atoms with E-state index in [9.17, 15) is 9.18 Å². The average Bonchev–Trinajstić information content (AvgIpc) is 2.67. The Kier molecular flexibility index (Phi) is 6.19. The van der Waals surface area contributed by atoms with Crippen LogP contribution in [-0.4, -0.2) is 40.1 Å². The number of aromatic nitrogens is 3. The Hall–Kier alpha value is -3.01. The van der Waals surface area contributed by atoms with Gasteiger partial charge in [-0.3, -0.25) is 10.7 Å². The van der Waals surface area contributed by atoms with Crippen LogP contribution in [-0.2, 0) is 11.3 Å². The number of nitrogens with one attached hydrogen (secondary N) is 2. The Balaban J connectivity index is 1.62. The lowest BCUT2D eigenvalue weighted by molar-refractivity contribution is 0.143. The smallest absolute Gasteiger partial charge is 0.414 e. The van der Waals surface area contributed by atoms with Gasteiger partial charge >= 0.3 is 6.09 Å². The lowest BCUT2D eigenvalue weighted by Gasteiger charge is -2.32. The van der Waals surface area contributed by atoms with Crippen molar-refractivity contribution in [2.45, 2.75) is 25.4 Å². The van der Waals surface area contributed by atoms with Gasteiger partial charge in [-0.2, -0.15) is 0 Å². The highest BCUT2D eigenvalue weighted by atomic mass is 35.5. The second-order valence-electron chi connectivity index (χ2n) is 6.24. The summed E-state index contributed by atoms with van der Waals surface area (Å²) >= 11 is 5.82. The van der Waals surface area contributed by atoms with Crippen molar-refractivity contribution in [1.29, 1.82) is 5.41 Å². The monoisotopic (exact) mass is 407 g/mol. The van der Waals surface area contributed by atoms with E-state index >= 15 is 0 Å². The number of alkyl carbamates (subject to hydrolysis) is 1. The van der Waals surface area contributed by atoms with Crippen molar-refractivity contribution in [1.82, 2.24) is 20.3 Å². The Morgan fingerprint density at radius 1 is 1.36 bits per heavy atom. The van der Waals surface area contributed by atoms with Crippen LogP contribution in [0.2, 0.25) is 5.02 Å². The first kappa shape index (κ1) is 19.7. The fourth-order valence-electron chi connectivity index (χ4n) is 2.98. The molecule has 1 saturated heterocycles. The number of nitrogens with zero attached hydrogens (tertiary/aromatic N) is 4. The third-order valence-corrected chi connectivity index (χ3v) is 4.54. The minimum absolute atomic E-state index is 0.179. The van der Waals surface area contributed by atoms with Crippen LogP contribution in [0.25, 0.3) is 0 Å². The SMILES string of the molecule is N=C(N)NC(=O)OCc1ccnc(N2CCC(c3ncc(Cl)cn3)CC2)c1F. The van der Waals surface area contributed by atoms with Crippen molar-refractivity contribution < 1.29 is 13.9 Å². The van der Waals surface area contributed by atoms with Gasteiger partial charge in [-0.05, 0) is 18.9 Å². The summed E-state index contributed by atoms with van der Waals surface area (Å²) in [5.41, 5.74) is 5.23. The number of hydrogen-bond acceptors (Lipinski definition) is 7. The molecule has 0 bridgehead atoms. The van der Waals surface area contributed by atoms with E-state index in [1.807, 2.05) is 10.2 Å². The molecule has 1 fully saturated rings. The van der Waals surface area contributed by atoms with Crippen molar-refractivity contribution in [3.63, 3.8) is 0 Å². The topological polar surface area (TPSA) is 130 Å². The number of ether oxygens (including phenoxy) is 1. The van der Waals surface area contributed by atoms with Crippen LogP contribution in [0.1, 0.15) is 30.1 Å². The first-order valence-electron chi connectivity index (χ1n) is 8.57. The number of carbonyl (C=O) groups excluding carboxylic acids is 1. The van der Waals surface area contributed by atoms with Crippen molar-refractivity contribution in [2.24, 2.45) is 5.73 Å². The molecule has 1 aliphatic heterocycles. The van der Waals surface area contributed by atoms with Gasteiger partial charge in [0.15, 0.2) is 17.6 Å². The van der Waals surface area contributed by atoms with E-state index in [1.54, 1.807) is 12.4 Å². The van der Waals surface area contributed by atoms with E-state index in [2.05, 4.69) is 15.0 Å². The Labute approximate surface area is 165 Å². The van der Waals surface area contributed by atoms with Crippen LogP contribution < -0.4 is 16.0 Å². The second kappa shape index (κ2) is 8.79. The summed E-state index contributed by atoms with van der Waals surface area (Å²) in [6.07, 6.45) is 5.20. The number of piperidine rings is 1. The van der Waals surface area contributed by atoms with Crippen molar-refractivity contribution in [3.05, 3.63) is 46.9 Å². The number of pyridine rings is 1. The number of anilines is 1. The third-order valence-electron chi connectivity index (χ3n) is 4.35. The lowest BCUT2D eigenvalue weighted by Crippen LogP contribution is -2.36. The summed E-state index contributed by atoms with van der Waals surface area (Å²) in [6.45, 7) is 0.890. The van der Waals surface area contributed by atoms with Gasteiger partial charge in [0.05, 0.1) is 5.02 Å². The fourth-order valence-corrected chi connectivity index (χ4v) is 3.07. The molecule has 1 amide bonds. The van der Waals surface area contributed by atoms with Crippen LogP contribution in [0.5, 0.6) is 0 Å². The predicted molar refractivity (Wildman–Crippen MR) is 101 cm³/mol. The molecule has 0 saturated carbocycles. The lowest BCUT2D eigenvalue weighted by atomic mass is 9.96. The summed E-state index contributed by atoms with van der Waals surface area (Å²) in [7, 11) is 0. The molecule has 28 heavy (non-hydrogen) atoms. The van der Waals surface area contributed by atoms with Crippen molar-refractivity contribution in [3.8, 4) is 0 Å². The molecule has 4 N–H and O–H groups in total. The molecule has 0 aliphatic carbocycles. The molecule has 0 spiro atoms. The zero-order chi connectivity index (χ0) is 20.1. The number of carbonyl (C=O) groups is 1. The summed E-state index contributed by atoms with van der Waals surface area (Å²) in [6, 6.07) is 1.44. The van der Waals surface area contributed by atoms with Crippen LogP contribution in [0.4, 0.5) is 15.0 Å². The minimum Gasteiger partial charge on any atom is -0.444 e. The number of halogens is 2. The van der Waals surface area contributed by atoms with Crippen LogP contribution >= 0.6 is 11.6 Å². The van der Waals surface area contributed by atoms with E-state index < -0.39 is 17.9 Å². The first-order chi connectivity index (χ1) is 13.4. The van der Waals surface area contributed by atoms with Gasteiger partial charge in [0, 0.05) is 43.2 Å². The molecule has 148 valence electrons. The fraction of sp³-hybridized carbons (Fsp3) is 0.353. The normalized spacial score (nSPS) is 14.6. The molecule has 9 nitrogen and oxygen atoms in total. The quantitative estimate of drug-likeness (QED) is 0.523. The first-order valence-corrected chi connectivity index (χ1v) is 8.95. The average molecular weight is 408 g/mol. The van der Waals surface area contributed by atoms with Crippen molar-refractivity contribution in [2.75, 3.05) is 18.0 Å². The molecule has 2 aromatic rings. The Morgan fingerprint density at radius 2 is 2.04 bits per heavy atom. The van der Waals surface area contributed by atoms with E-state index in [4.69, 9.17) is 27.5 Å². The minimum atomic E-state index is -0.922. The van der Waals surface area contributed by atoms with E-state index in [0.29, 0.717) is 18.1 Å². The van der Waals surface area contributed by atoms with Gasteiger partial charge in [0.1, 0.15) is 12.4 Å². The maximum absolute atomic E-state index is 14.8. The number of guanidine groups is 1. The molecule has 0 unspecified atom stereocenters. The van der Waals surface area contributed by atoms with E-state index in [0.717, 1.165) is 18.7 Å². The van der Waals surface area contributed by atoms with Gasteiger partial charge in [-0.25, -0.2) is 24.1 Å². The molecule has 11 heteroatoms. The van der Waals surface area contributed by atoms with Crippen LogP contribution in [0.3, 0.4) is 0 Å². The van der Waals surface area contributed by atoms with Gasteiger partial charge < -0.3 is 15.4 Å². The number of hydrogen-bond donors (Lipinski definition) is 3. The number of amides is 1. The summed E-state index contributed by atoms with van der Waals surface area (Å²) in [4.78, 5) is 25.9. The zero-order valence-corrected chi connectivity index (χ0v) is 15.6. The molecular weight excluding hydrogens is 389 g/mol. The third kappa shape index (κ3) is 4.83. The summed E-state index contributed by atoms with van der Waals surface area (Å²) in [5, 5.41) is 9.42. The van der Waals surface area contributed by atoms with Gasteiger partial charge in [0.25, 0.3) is 0 Å². The zero-order valence-electron chi connectivity index (χ0n) is 14.9. The maximum Gasteiger partial charge on any atom is 0.414 e. The maximum atomic E-state index is 14.8. The highest BCUT2D eigenvalue weighted by Crippen LogP contribution is 2.30. The van der Waals surface area contributed by atoms with Gasteiger partial charge in [-0.1, -0.05) is 11.6 Å². The van der Waals surface area contributed by atoms with E-state index in [1.165, 1.54) is 12.3 Å². The second-order valence-corrected chi connectivity index (χ2v) is 6.68. The summed E-state index contributed by atoms with van der Waals surface area (Å²) < 4.78 is 19.7. The largest absolute Gasteiger partial charge is 0.444 e.